The Bertz CT molecular complexity index is 279. The second-order valence-corrected chi connectivity index (χ2v) is 7.95. The standard InChI is InChI=1S/C17H33NO/c1-5-10-18(12-13-6-7-13)15-11-14(17(2,3)4)8-9-16(15)19/h13-16,19H,5-12H2,1-4H3. The zero-order valence-electron chi connectivity index (χ0n) is 13.4. The summed E-state index contributed by atoms with van der Waals surface area (Å²) in [6.45, 7) is 11.7. The van der Waals surface area contributed by atoms with Crippen LogP contribution in [0.15, 0.2) is 0 Å². The molecule has 19 heavy (non-hydrogen) atoms. The largest absolute Gasteiger partial charge is 0.391 e. The van der Waals surface area contributed by atoms with E-state index in [0.717, 1.165) is 24.8 Å². The number of hydrogen-bond donors (Lipinski definition) is 1. The lowest BCUT2D eigenvalue weighted by molar-refractivity contribution is -0.0187. The van der Waals surface area contributed by atoms with Crippen LogP contribution in [0.25, 0.3) is 0 Å². The fraction of sp³-hybridized carbons (Fsp3) is 1.00. The van der Waals surface area contributed by atoms with E-state index in [0.29, 0.717) is 11.5 Å². The molecule has 3 unspecified atom stereocenters. The first-order chi connectivity index (χ1) is 8.91. The Morgan fingerprint density at radius 1 is 1.11 bits per heavy atom. The van der Waals surface area contributed by atoms with Crippen LogP contribution < -0.4 is 0 Å². The molecule has 0 aromatic heterocycles. The maximum Gasteiger partial charge on any atom is 0.0695 e. The van der Waals surface area contributed by atoms with Crippen molar-refractivity contribution in [1.29, 1.82) is 0 Å². The number of nitrogens with zero attached hydrogens (tertiary/aromatic N) is 1. The minimum atomic E-state index is -0.0936. The molecule has 2 aliphatic carbocycles. The molecule has 2 saturated carbocycles. The van der Waals surface area contributed by atoms with E-state index in [9.17, 15) is 5.11 Å². The second-order valence-electron chi connectivity index (χ2n) is 7.95. The van der Waals surface area contributed by atoms with Crippen molar-refractivity contribution in [2.75, 3.05) is 13.1 Å². The van der Waals surface area contributed by atoms with Gasteiger partial charge in [0.1, 0.15) is 0 Å². The van der Waals surface area contributed by atoms with Gasteiger partial charge in [-0.1, -0.05) is 27.7 Å². The summed E-state index contributed by atoms with van der Waals surface area (Å²) in [6, 6.07) is 0.415. The van der Waals surface area contributed by atoms with Gasteiger partial charge in [0.2, 0.25) is 0 Å². The molecule has 3 atom stereocenters. The maximum atomic E-state index is 10.4. The Morgan fingerprint density at radius 3 is 2.32 bits per heavy atom. The van der Waals surface area contributed by atoms with E-state index in [2.05, 4.69) is 32.6 Å². The zero-order chi connectivity index (χ0) is 14.0. The highest BCUT2D eigenvalue weighted by Gasteiger charge is 2.38. The smallest absolute Gasteiger partial charge is 0.0695 e. The van der Waals surface area contributed by atoms with Crippen LogP contribution in [0.2, 0.25) is 0 Å². The molecule has 2 fully saturated rings. The average molecular weight is 267 g/mol. The van der Waals surface area contributed by atoms with E-state index >= 15 is 0 Å². The number of rotatable bonds is 5. The van der Waals surface area contributed by atoms with E-state index in [-0.39, 0.29) is 6.10 Å². The van der Waals surface area contributed by atoms with Gasteiger partial charge >= 0.3 is 0 Å². The summed E-state index contributed by atoms with van der Waals surface area (Å²) in [7, 11) is 0. The first-order valence-corrected chi connectivity index (χ1v) is 8.34. The van der Waals surface area contributed by atoms with Gasteiger partial charge in [-0.15, -0.1) is 0 Å². The van der Waals surface area contributed by atoms with Gasteiger partial charge in [0.05, 0.1) is 6.10 Å². The molecule has 0 aliphatic heterocycles. The van der Waals surface area contributed by atoms with Crippen LogP contribution >= 0.6 is 0 Å². The quantitative estimate of drug-likeness (QED) is 0.821. The third-order valence-corrected chi connectivity index (χ3v) is 5.18. The molecule has 0 radical (unpaired) electrons. The second kappa shape index (κ2) is 6.13. The summed E-state index contributed by atoms with van der Waals surface area (Å²) >= 11 is 0. The third kappa shape index (κ3) is 4.19. The van der Waals surface area contributed by atoms with Crippen LogP contribution in [-0.2, 0) is 0 Å². The van der Waals surface area contributed by atoms with Gasteiger partial charge in [0.15, 0.2) is 0 Å². The van der Waals surface area contributed by atoms with Crippen molar-refractivity contribution in [3.8, 4) is 0 Å². The minimum Gasteiger partial charge on any atom is -0.391 e. The summed E-state index contributed by atoms with van der Waals surface area (Å²) in [5.41, 5.74) is 0.385. The van der Waals surface area contributed by atoms with Gasteiger partial charge in [-0.05, 0) is 62.3 Å². The molecule has 2 heteroatoms. The van der Waals surface area contributed by atoms with Crippen molar-refractivity contribution in [3.05, 3.63) is 0 Å². The molecule has 0 spiro atoms. The van der Waals surface area contributed by atoms with Gasteiger partial charge in [-0.25, -0.2) is 0 Å². The van der Waals surface area contributed by atoms with Gasteiger partial charge in [-0.3, -0.25) is 4.90 Å². The molecule has 0 saturated heterocycles. The fourth-order valence-corrected chi connectivity index (χ4v) is 3.62. The Hall–Kier alpha value is -0.0800. The number of aliphatic hydroxyl groups is 1. The van der Waals surface area contributed by atoms with Crippen molar-refractivity contribution in [3.63, 3.8) is 0 Å². The Balaban J connectivity index is 2.00. The van der Waals surface area contributed by atoms with Crippen LogP contribution in [0.5, 0.6) is 0 Å². The Labute approximate surface area is 119 Å². The molecule has 0 bridgehead atoms. The summed E-state index contributed by atoms with van der Waals surface area (Å²) in [6.07, 6.45) is 7.32. The van der Waals surface area contributed by atoms with Crippen molar-refractivity contribution in [1.82, 2.24) is 4.90 Å². The molecule has 0 heterocycles. The summed E-state index contributed by atoms with van der Waals surface area (Å²) in [5, 5.41) is 10.4. The van der Waals surface area contributed by atoms with Crippen molar-refractivity contribution in [2.45, 2.75) is 78.4 Å². The predicted molar refractivity (Wildman–Crippen MR) is 81.2 cm³/mol. The third-order valence-electron chi connectivity index (χ3n) is 5.18. The molecule has 2 nitrogen and oxygen atoms in total. The molecular formula is C17H33NO. The number of aliphatic hydroxyl groups excluding tert-OH is 1. The predicted octanol–water partition coefficient (Wildman–Crippen LogP) is 3.68. The van der Waals surface area contributed by atoms with E-state index in [1.165, 1.54) is 38.6 Å². The fourth-order valence-electron chi connectivity index (χ4n) is 3.62. The molecular weight excluding hydrogens is 234 g/mol. The van der Waals surface area contributed by atoms with Crippen LogP contribution in [-0.4, -0.2) is 35.2 Å². The van der Waals surface area contributed by atoms with Gasteiger partial charge < -0.3 is 5.11 Å². The summed E-state index contributed by atoms with van der Waals surface area (Å²) in [4.78, 5) is 2.61. The lowest BCUT2D eigenvalue weighted by Crippen LogP contribution is -2.50. The minimum absolute atomic E-state index is 0.0936. The van der Waals surface area contributed by atoms with Crippen molar-refractivity contribution >= 4 is 0 Å². The molecule has 0 amide bonds. The lowest BCUT2D eigenvalue weighted by Gasteiger charge is -2.44. The summed E-state index contributed by atoms with van der Waals surface area (Å²) < 4.78 is 0. The highest BCUT2D eigenvalue weighted by Crippen LogP contribution is 2.40. The SMILES string of the molecule is CCCN(CC1CC1)C1CC(C(C)(C)C)CCC1O. The number of hydrogen-bond acceptors (Lipinski definition) is 2. The highest BCUT2D eigenvalue weighted by atomic mass is 16.3. The van der Waals surface area contributed by atoms with Gasteiger partial charge in [0, 0.05) is 12.6 Å². The topological polar surface area (TPSA) is 23.5 Å². The maximum absolute atomic E-state index is 10.4. The summed E-state index contributed by atoms with van der Waals surface area (Å²) in [5.74, 6) is 1.69. The first kappa shape index (κ1) is 15.3. The monoisotopic (exact) mass is 267 g/mol. The van der Waals surface area contributed by atoms with E-state index in [4.69, 9.17) is 0 Å². The first-order valence-electron chi connectivity index (χ1n) is 8.34. The van der Waals surface area contributed by atoms with Crippen LogP contribution in [0.3, 0.4) is 0 Å². The van der Waals surface area contributed by atoms with Crippen molar-refractivity contribution < 1.29 is 5.11 Å². The van der Waals surface area contributed by atoms with Gasteiger partial charge in [0.25, 0.3) is 0 Å². The molecule has 2 rings (SSSR count). The molecule has 2 aliphatic rings. The highest BCUT2D eigenvalue weighted by molar-refractivity contribution is 4.92. The van der Waals surface area contributed by atoms with E-state index in [1.54, 1.807) is 0 Å². The van der Waals surface area contributed by atoms with Crippen molar-refractivity contribution in [2.24, 2.45) is 17.3 Å². The van der Waals surface area contributed by atoms with E-state index < -0.39 is 0 Å². The lowest BCUT2D eigenvalue weighted by atomic mass is 9.70. The Kier molecular flexibility index (Phi) is 4.94. The van der Waals surface area contributed by atoms with E-state index in [1.807, 2.05) is 0 Å². The van der Waals surface area contributed by atoms with Gasteiger partial charge in [-0.2, -0.15) is 0 Å². The Morgan fingerprint density at radius 2 is 1.79 bits per heavy atom. The molecule has 1 N–H and O–H groups in total. The average Bonchev–Trinajstić information content (AvgIpc) is 3.11. The molecule has 0 aromatic rings. The normalized spacial score (nSPS) is 32.8. The molecule has 0 aromatic carbocycles. The van der Waals surface area contributed by atoms with Crippen LogP contribution in [0, 0.1) is 17.3 Å². The molecule has 112 valence electrons. The van der Waals surface area contributed by atoms with Crippen LogP contribution in [0.4, 0.5) is 0 Å². The zero-order valence-corrected chi connectivity index (χ0v) is 13.4. The van der Waals surface area contributed by atoms with Crippen LogP contribution in [0.1, 0.15) is 66.2 Å².